The van der Waals surface area contributed by atoms with Gasteiger partial charge in [0.05, 0.1) is 0 Å². The first-order valence-corrected chi connectivity index (χ1v) is 11.5. The number of benzene rings is 3. The minimum absolute atomic E-state index is 0.301. The molecule has 1 spiro atoms. The fraction of sp³-hybridized carbons (Fsp3) is 0.269. The Morgan fingerprint density at radius 3 is 2.38 bits per heavy atom. The lowest BCUT2D eigenvalue weighted by Gasteiger charge is -2.40. The quantitative estimate of drug-likeness (QED) is 0.469. The highest BCUT2D eigenvalue weighted by molar-refractivity contribution is 6.30. The molecule has 0 atom stereocenters. The summed E-state index contributed by atoms with van der Waals surface area (Å²) in [5.41, 5.74) is 2.30. The number of carbonyl (C=O) groups excluding carboxylic acids is 1. The molecule has 1 N–H and O–H groups in total. The van der Waals surface area contributed by atoms with Gasteiger partial charge in [-0.15, -0.1) is 0 Å². The van der Waals surface area contributed by atoms with Crippen LogP contribution in [-0.4, -0.2) is 30.6 Å². The van der Waals surface area contributed by atoms with E-state index in [-0.39, 0.29) is 17.3 Å². The fourth-order valence-electron chi connectivity index (χ4n) is 5.11. The van der Waals surface area contributed by atoms with Crippen LogP contribution in [0.25, 0.3) is 0 Å². The maximum absolute atomic E-state index is 14.2. The first kappa shape index (κ1) is 22.7. The Morgan fingerprint density at radius 1 is 0.941 bits per heavy atom. The van der Waals surface area contributed by atoms with Crippen LogP contribution in [0.2, 0.25) is 5.02 Å². The first-order valence-electron chi connectivity index (χ1n) is 11.1. The van der Waals surface area contributed by atoms with Crippen LogP contribution in [0.4, 0.5) is 29.3 Å². The number of anilines is 2. The van der Waals surface area contributed by atoms with Gasteiger partial charge in [-0.05, 0) is 85.6 Å². The van der Waals surface area contributed by atoms with Gasteiger partial charge in [-0.2, -0.15) is 0 Å². The average molecular weight is 486 g/mol. The number of piperidine rings is 1. The topological polar surface area (TPSA) is 35.6 Å². The van der Waals surface area contributed by atoms with Crippen molar-refractivity contribution in [2.24, 2.45) is 0 Å². The highest BCUT2D eigenvalue weighted by Crippen LogP contribution is 2.47. The number of hydrogen-bond donors (Lipinski definition) is 1. The van der Waals surface area contributed by atoms with E-state index in [9.17, 15) is 18.0 Å². The Kier molecular flexibility index (Phi) is 6.00. The fourth-order valence-corrected chi connectivity index (χ4v) is 5.30. The molecule has 1 fully saturated rings. The summed E-state index contributed by atoms with van der Waals surface area (Å²) in [6.07, 6.45) is 1.39. The molecule has 0 bridgehead atoms. The van der Waals surface area contributed by atoms with Crippen molar-refractivity contribution in [2.75, 3.05) is 29.9 Å². The molecule has 2 amide bonds. The van der Waals surface area contributed by atoms with Crippen molar-refractivity contribution in [1.82, 2.24) is 4.90 Å². The van der Waals surface area contributed by atoms with Gasteiger partial charge in [0.15, 0.2) is 0 Å². The molecule has 5 rings (SSSR count). The van der Waals surface area contributed by atoms with E-state index in [0.717, 1.165) is 11.6 Å². The lowest BCUT2D eigenvalue weighted by Crippen LogP contribution is -2.46. The molecule has 0 radical (unpaired) electrons. The second-order valence-electron chi connectivity index (χ2n) is 9.02. The molecule has 0 unspecified atom stereocenters. The van der Waals surface area contributed by atoms with E-state index >= 15 is 0 Å². The van der Waals surface area contributed by atoms with Gasteiger partial charge in [0.2, 0.25) is 0 Å². The van der Waals surface area contributed by atoms with Crippen LogP contribution in [0.15, 0.2) is 60.7 Å². The lowest BCUT2D eigenvalue weighted by molar-refractivity contribution is 0.159. The maximum Gasteiger partial charge on any atom is 0.326 e. The summed E-state index contributed by atoms with van der Waals surface area (Å²) in [4.78, 5) is 17.0. The number of halogens is 4. The van der Waals surface area contributed by atoms with Gasteiger partial charge in [-0.3, -0.25) is 9.80 Å². The molecule has 0 aliphatic carbocycles. The lowest BCUT2D eigenvalue weighted by atomic mass is 9.74. The number of rotatable bonds is 3. The Labute approximate surface area is 200 Å². The van der Waals surface area contributed by atoms with Crippen LogP contribution in [0, 0.1) is 17.5 Å². The van der Waals surface area contributed by atoms with Gasteiger partial charge in [0.25, 0.3) is 0 Å². The van der Waals surface area contributed by atoms with E-state index in [1.165, 1.54) is 24.3 Å². The Balaban J connectivity index is 1.34. The normalized spacial score (nSPS) is 17.1. The molecule has 8 heteroatoms. The van der Waals surface area contributed by atoms with Gasteiger partial charge >= 0.3 is 6.03 Å². The second-order valence-corrected chi connectivity index (χ2v) is 9.46. The highest BCUT2D eigenvalue weighted by atomic mass is 35.5. The number of nitrogens with zero attached hydrogens (tertiary/aromatic N) is 2. The van der Waals surface area contributed by atoms with E-state index < -0.39 is 11.6 Å². The zero-order valence-corrected chi connectivity index (χ0v) is 19.1. The summed E-state index contributed by atoms with van der Waals surface area (Å²) in [5, 5.41) is 3.40. The zero-order chi connectivity index (χ0) is 23.9. The van der Waals surface area contributed by atoms with Crippen LogP contribution < -0.4 is 10.2 Å². The van der Waals surface area contributed by atoms with Crippen molar-refractivity contribution in [1.29, 1.82) is 0 Å². The van der Waals surface area contributed by atoms with Crippen molar-refractivity contribution in [3.63, 3.8) is 0 Å². The minimum atomic E-state index is -0.593. The molecule has 3 aromatic rings. The number of fused-ring (bicyclic) bond motifs is 2. The van der Waals surface area contributed by atoms with E-state index in [1.54, 1.807) is 35.2 Å². The molecule has 2 aliphatic rings. The number of hydrogen-bond acceptors (Lipinski definition) is 2. The minimum Gasteiger partial charge on any atom is -0.307 e. The molecular weight excluding hydrogens is 463 g/mol. The van der Waals surface area contributed by atoms with E-state index in [4.69, 9.17) is 11.6 Å². The first-order chi connectivity index (χ1) is 16.3. The number of carbonyl (C=O) groups is 1. The number of urea groups is 1. The molecule has 3 aromatic carbocycles. The van der Waals surface area contributed by atoms with E-state index in [0.29, 0.717) is 61.0 Å². The summed E-state index contributed by atoms with van der Waals surface area (Å²) in [6, 6.07) is 14.7. The smallest absolute Gasteiger partial charge is 0.307 e. The Morgan fingerprint density at radius 2 is 1.68 bits per heavy atom. The van der Waals surface area contributed by atoms with Crippen molar-refractivity contribution < 1.29 is 18.0 Å². The van der Waals surface area contributed by atoms with Crippen LogP contribution in [0.3, 0.4) is 0 Å². The molecular formula is C26H23ClF3N3O. The largest absolute Gasteiger partial charge is 0.326 e. The summed E-state index contributed by atoms with van der Waals surface area (Å²) >= 11 is 6.04. The molecule has 0 aromatic heterocycles. The van der Waals surface area contributed by atoms with Gasteiger partial charge < -0.3 is 5.32 Å². The average Bonchev–Trinajstić information content (AvgIpc) is 3.08. The van der Waals surface area contributed by atoms with Gasteiger partial charge in [-0.1, -0.05) is 17.7 Å². The van der Waals surface area contributed by atoms with Crippen LogP contribution in [-0.2, 0) is 12.0 Å². The van der Waals surface area contributed by atoms with Crippen molar-refractivity contribution in [3.05, 3.63) is 94.3 Å². The standard InChI is InChI=1S/C26H23ClF3N3O/c27-18-2-1-3-22(12-18)31-25(34)33-16-26(23-14-19(28)4-5-24(23)33)6-8-32(9-7-26)15-17-10-20(29)13-21(30)11-17/h1-5,10-14H,6-9,15-16H2,(H,31,34). The van der Waals surface area contributed by atoms with Gasteiger partial charge in [0, 0.05) is 41.0 Å². The van der Waals surface area contributed by atoms with E-state index in [1.807, 2.05) is 0 Å². The Hall–Kier alpha value is -3.03. The number of nitrogens with one attached hydrogen (secondary N) is 1. The third-order valence-corrected chi connectivity index (χ3v) is 6.98. The van der Waals surface area contributed by atoms with E-state index in [2.05, 4.69) is 10.2 Å². The SMILES string of the molecule is O=C(Nc1cccc(Cl)c1)N1CC2(CCN(Cc3cc(F)cc(F)c3)CC2)c2cc(F)ccc21. The molecule has 0 saturated carbocycles. The van der Waals surface area contributed by atoms with Crippen LogP contribution in [0.1, 0.15) is 24.0 Å². The molecule has 2 heterocycles. The van der Waals surface area contributed by atoms with Crippen LogP contribution in [0.5, 0.6) is 0 Å². The molecule has 34 heavy (non-hydrogen) atoms. The van der Waals surface area contributed by atoms with Crippen molar-refractivity contribution in [3.8, 4) is 0 Å². The highest BCUT2D eigenvalue weighted by Gasteiger charge is 2.46. The molecule has 2 aliphatic heterocycles. The summed E-state index contributed by atoms with van der Waals surface area (Å²) in [7, 11) is 0. The maximum atomic E-state index is 14.2. The molecule has 176 valence electrons. The molecule has 1 saturated heterocycles. The van der Waals surface area contributed by atoms with Crippen molar-refractivity contribution >= 4 is 29.0 Å². The third-order valence-electron chi connectivity index (χ3n) is 6.74. The number of likely N-dealkylation sites (tertiary alicyclic amines) is 1. The number of amides is 2. The third kappa shape index (κ3) is 4.50. The predicted molar refractivity (Wildman–Crippen MR) is 127 cm³/mol. The Bertz CT molecular complexity index is 1220. The zero-order valence-electron chi connectivity index (χ0n) is 18.3. The summed E-state index contributed by atoms with van der Waals surface area (Å²) in [6.45, 7) is 2.19. The predicted octanol–water partition coefficient (Wildman–Crippen LogP) is 6.34. The van der Waals surface area contributed by atoms with Gasteiger partial charge in [-0.25, -0.2) is 18.0 Å². The van der Waals surface area contributed by atoms with Crippen LogP contribution >= 0.6 is 11.6 Å². The van der Waals surface area contributed by atoms with Gasteiger partial charge in [0.1, 0.15) is 17.5 Å². The second kappa shape index (κ2) is 8.96. The monoisotopic (exact) mass is 485 g/mol. The molecule has 4 nitrogen and oxygen atoms in total. The summed E-state index contributed by atoms with van der Waals surface area (Å²) < 4.78 is 41.4. The van der Waals surface area contributed by atoms with Crippen molar-refractivity contribution in [2.45, 2.75) is 24.8 Å². The summed E-state index contributed by atoms with van der Waals surface area (Å²) in [5.74, 6) is -1.53.